The molecule has 0 saturated heterocycles. The molecular weight excluding hydrogens is 146 g/mol. The average Bonchev–Trinajstić information content (AvgIpc) is 2.11. The van der Waals surface area contributed by atoms with E-state index in [0.717, 1.165) is 17.7 Å². The second-order valence-electron chi connectivity index (χ2n) is 2.88. The van der Waals surface area contributed by atoms with Gasteiger partial charge in [-0.25, -0.2) is 0 Å². The molecule has 0 saturated carbocycles. The molecule has 0 amide bonds. The lowest BCUT2D eigenvalue weighted by Gasteiger charge is -2.08. The van der Waals surface area contributed by atoms with E-state index < -0.39 is 0 Å². The van der Waals surface area contributed by atoms with Gasteiger partial charge in [-0.05, 0) is 24.5 Å². The Labute approximate surface area is 75.9 Å². The lowest BCUT2D eigenvalue weighted by atomic mass is 10.1. The molecule has 1 N–H and O–H groups in total. The van der Waals surface area contributed by atoms with Crippen molar-refractivity contribution in [3.05, 3.63) is 36.1 Å². The second kappa shape index (κ2) is 5.64. The van der Waals surface area contributed by atoms with Crippen LogP contribution in [0.4, 0.5) is 0 Å². The van der Waals surface area contributed by atoms with E-state index in [1.807, 2.05) is 7.05 Å². The quantitative estimate of drug-likeness (QED) is 0.617. The van der Waals surface area contributed by atoms with Gasteiger partial charge in [-0.15, -0.1) is 0 Å². The molecule has 0 bridgehead atoms. The van der Waals surface area contributed by atoms with Crippen molar-refractivity contribution < 1.29 is 0 Å². The highest BCUT2D eigenvalue weighted by Crippen LogP contribution is 2.13. The molecule has 0 aliphatic heterocycles. The van der Waals surface area contributed by atoms with Crippen LogP contribution in [0.15, 0.2) is 36.1 Å². The summed E-state index contributed by atoms with van der Waals surface area (Å²) in [5, 5.41) is 2.99. The van der Waals surface area contributed by atoms with Crippen molar-refractivity contribution in [1.82, 2.24) is 5.32 Å². The summed E-state index contributed by atoms with van der Waals surface area (Å²) in [5.74, 6) is 0. The highest BCUT2D eigenvalue weighted by Gasteiger charge is 1.98. The molecule has 0 aromatic heterocycles. The van der Waals surface area contributed by atoms with Crippen LogP contribution in [0.25, 0.3) is 0 Å². The van der Waals surface area contributed by atoms with Crippen LogP contribution in [0.5, 0.6) is 0 Å². The van der Waals surface area contributed by atoms with Gasteiger partial charge in [0.2, 0.25) is 0 Å². The van der Waals surface area contributed by atoms with E-state index in [4.69, 9.17) is 0 Å². The largest absolute Gasteiger partial charge is 0.388 e. The third-order valence-electron chi connectivity index (χ3n) is 1.88. The first-order valence-corrected chi connectivity index (χ1v) is 4.36. The zero-order chi connectivity index (χ0) is 9.56. The Hall–Kier alpha value is -0.980. The van der Waals surface area contributed by atoms with Gasteiger partial charge in [0, 0.05) is 12.7 Å². The van der Waals surface area contributed by atoms with Gasteiger partial charge in [-0.1, -0.05) is 32.6 Å². The Balaban J connectivity index is 4.18. The highest BCUT2D eigenvalue weighted by molar-refractivity contribution is 5.40. The molecule has 0 atom stereocenters. The molecule has 0 aliphatic rings. The Morgan fingerprint density at radius 3 is 2.42 bits per heavy atom. The van der Waals surface area contributed by atoms with Gasteiger partial charge in [-0.3, -0.25) is 0 Å². The molecule has 1 nitrogen and oxygen atoms in total. The SMILES string of the molecule is C=C(NC)C(=C)/C(C)=C\CCC. The number of hydrogen-bond acceptors (Lipinski definition) is 1. The van der Waals surface area contributed by atoms with Crippen molar-refractivity contribution >= 4 is 0 Å². The van der Waals surface area contributed by atoms with Crippen LogP contribution in [0.2, 0.25) is 0 Å². The Bertz CT molecular complexity index is 199. The van der Waals surface area contributed by atoms with E-state index in [9.17, 15) is 0 Å². The van der Waals surface area contributed by atoms with Crippen LogP contribution in [0.1, 0.15) is 26.7 Å². The number of nitrogens with one attached hydrogen (secondary N) is 1. The van der Waals surface area contributed by atoms with Crippen molar-refractivity contribution in [1.29, 1.82) is 0 Å². The van der Waals surface area contributed by atoms with Crippen LogP contribution in [-0.2, 0) is 0 Å². The Kier molecular flexibility index (Phi) is 5.18. The summed E-state index contributed by atoms with van der Waals surface area (Å²) in [4.78, 5) is 0. The maximum atomic E-state index is 3.95. The van der Waals surface area contributed by atoms with Crippen LogP contribution in [0, 0.1) is 0 Å². The smallest absolute Gasteiger partial charge is 0.0334 e. The van der Waals surface area contributed by atoms with E-state index >= 15 is 0 Å². The highest BCUT2D eigenvalue weighted by atomic mass is 14.8. The molecule has 0 unspecified atom stereocenters. The number of hydrogen-bond donors (Lipinski definition) is 1. The summed E-state index contributed by atoms with van der Waals surface area (Å²) < 4.78 is 0. The minimum Gasteiger partial charge on any atom is -0.388 e. The van der Waals surface area contributed by atoms with E-state index in [-0.39, 0.29) is 0 Å². The molecule has 0 fully saturated rings. The molecule has 68 valence electrons. The zero-order valence-corrected chi connectivity index (χ0v) is 8.41. The molecule has 0 radical (unpaired) electrons. The first-order valence-electron chi connectivity index (χ1n) is 4.36. The van der Waals surface area contributed by atoms with E-state index in [0.29, 0.717) is 0 Å². The fourth-order valence-electron chi connectivity index (χ4n) is 0.873. The topological polar surface area (TPSA) is 12.0 Å². The molecule has 1 heteroatoms. The predicted octanol–water partition coefficient (Wildman–Crippen LogP) is 3.02. The van der Waals surface area contributed by atoms with Crippen molar-refractivity contribution in [3.63, 3.8) is 0 Å². The molecule has 0 aliphatic carbocycles. The summed E-state index contributed by atoms with van der Waals surface area (Å²) in [6, 6.07) is 0. The van der Waals surface area contributed by atoms with Crippen LogP contribution < -0.4 is 5.32 Å². The third-order valence-corrected chi connectivity index (χ3v) is 1.88. The van der Waals surface area contributed by atoms with Gasteiger partial charge >= 0.3 is 0 Å². The first-order chi connectivity index (χ1) is 5.63. The predicted molar refractivity (Wildman–Crippen MR) is 56.0 cm³/mol. The van der Waals surface area contributed by atoms with Crippen molar-refractivity contribution in [2.45, 2.75) is 26.7 Å². The molecular formula is C11H19N. The van der Waals surface area contributed by atoms with Crippen LogP contribution in [-0.4, -0.2) is 7.05 Å². The number of allylic oxidation sites excluding steroid dienone is 2. The van der Waals surface area contributed by atoms with Crippen LogP contribution >= 0.6 is 0 Å². The van der Waals surface area contributed by atoms with Crippen molar-refractivity contribution in [2.75, 3.05) is 7.05 Å². The minimum atomic E-state index is 0.903. The fourth-order valence-corrected chi connectivity index (χ4v) is 0.873. The zero-order valence-electron chi connectivity index (χ0n) is 8.41. The normalized spacial score (nSPS) is 11.1. The summed E-state index contributed by atoms with van der Waals surface area (Å²) in [7, 11) is 1.86. The number of rotatable bonds is 5. The van der Waals surface area contributed by atoms with E-state index in [2.05, 4.69) is 38.4 Å². The summed E-state index contributed by atoms with van der Waals surface area (Å²) in [5.41, 5.74) is 3.13. The lowest BCUT2D eigenvalue weighted by molar-refractivity contribution is 0.944. The van der Waals surface area contributed by atoms with Gasteiger partial charge in [0.15, 0.2) is 0 Å². The Morgan fingerprint density at radius 2 is 2.00 bits per heavy atom. The number of likely N-dealkylation sites (N-methyl/N-ethyl adjacent to an activating group) is 1. The molecule has 0 aromatic carbocycles. The van der Waals surface area contributed by atoms with Gasteiger partial charge in [0.05, 0.1) is 0 Å². The fraction of sp³-hybridized carbons (Fsp3) is 0.455. The molecule has 0 aromatic rings. The summed E-state index contributed by atoms with van der Waals surface area (Å²) in [6.07, 6.45) is 4.49. The minimum absolute atomic E-state index is 0.903. The molecule has 0 rings (SSSR count). The van der Waals surface area contributed by atoms with Gasteiger partial charge in [0.25, 0.3) is 0 Å². The maximum absolute atomic E-state index is 3.95. The molecule has 12 heavy (non-hydrogen) atoms. The van der Waals surface area contributed by atoms with Crippen molar-refractivity contribution in [2.24, 2.45) is 0 Å². The number of unbranched alkanes of at least 4 members (excludes halogenated alkanes) is 1. The monoisotopic (exact) mass is 165 g/mol. The second-order valence-corrected chi connectivity index (χ2v) is 2.88. The Morgan fingerprint density at radius 1 is 1.42 bits per heavy atom. The molecule has 0 spiro atoms. The van der Waals surface area contributed by atoms with Gasteiger partial charge in [0.1, 0.15) is 0 Å². The molecule has 0 heterocycles. The average molecular weight is 165 g/mol. The van der Waals surface area contributed by atoms with Gasteiger partial charge in [-0.2, -0.15) is 0 Å². The lowest BCUT2D eigenvalue weighted by Crippen LogP contribution is -2.06. The van der Waals surface area contributed by atoms with Gasteiger partial charge < -0.3 is 5.32 Å². The van der Waals surface area contributed by atoms with E-state index in [1.165, 1.54) is 12.0 Å². The standard InChI is InChI=1S/C11H19N/c1-6-7-8-9(2)10(3)11(4)12-5/h8,12H,3-4,6-7H2,1-2,5H3/b9-8-. The first kappa shape index (κ1) is 11.0. The third kappa shape index (κ3) is 3.42. The summed E-state index contributed by atoms with van der Waals surface area (Å²) in [6.45, 7) is 12.0. The van der Waals surface area contributed by atoms with E-state index in [1.54, 1.807) is 0 Å². The van der Waals surface area contributed by atoms with Crippen LogP contribution in [0.3, 0.4) is 0 Å². The van der Waals surface area contributed by atoms with Crippen molar-refractivity contribution in [3.8, 4) is 0 Å². The summed E-state index contributed by atoms with van der Waals surface area (Å²) >= 11 is 0. The maximum Gasteiger partial charge on any atom is 0.0334 e.